The summed E-state index contributed by atoms with van der Waals surface area (Å²) in [6.07, 6.45) is 57.1. The van der Waals surface area contributed by atoms with Gasteiger partial charge in [0.2, 0.25) is 0 Å². The Hall–Kier alpha value is -3.84. The largest absolute Gasteiger partial charge is 0.479 e. The fourth-order valence-electron chi connectivity index (χ4n) is 9.39. The van der Waals surface area contributed by atoms with Gasteiger partial charge in [-0.15, -0.1) is 0 Å². The molecule has 454 valence electrons. The van der Waals surface area contributed by atoms with Crippen LogP contribution in [0.4, 0.5) is 0 Å². The minimum atomic E-state index is -1.91. The average molecular weight is 1110 g/mol. The third-order valence-corrected chi connectivity index (χ3v) is 14.3. The first kappa shape index (κ1) is 73.2. The maximum absolute atomic E-state index is 13.2. The Bertz CT molecular complexity index is 1650. The molecule has 0 aliphatic carbocycles. The van der Waals surface area contributed by atoms with Crippen LogP contribution in [0.3, 0.4) is 0 Å². The number of carbonyl (C=O) groups is 4. The second kappa shape index (κ2) is 54.7. The van der Waals surface area contributed by atoms with Crippen LogP contribution in [0.2, 0.25) is 0 Å². The van der Waals surface area contributed by atoms with Crippen molar-refractivity contribution < 1.29 is 58.2 Å². The highest BCUT2D eigenvalue weighted by atomic mass is 16.7. The van der Waals surface area contributed by atoms with Crippen molar-refractivity contribution in [1.82, 2.24) is 0 Å². The molecule has 0 saturated carbocycles. The van der Waals surface area contributed by atoms with Crippen molar-refractivity contribution in [3.8, 4) is 0 Å². The second-order valence-electron chi connectivity index (χ2n) is 21.7. The lowest BCUT2D eigenvalue weighted by Gasteiger charge is -2.40. The predicted octanol–water partition coefficient (Wildman–Crippen LogP) is 16.9. The van der Waals surface area contributed by atoms with Gasteiger partial charge in [-0.25, -0.2) is 4.79 Å². The smallest absolute Gasteiger partial charge is 0.335 e. The van der Waals surface area contributed by atoms with Crippen LogP contribution >= 0.6 is 0 Å². The molecule has 3 N–H and O–H groups in total. The molecule has 0 aromatic carbocycles. The SMILES string of the molecule is CC/C=C\C/C=C\C/C=C\CCCCCCCC(=O)OC(COC(=O)CCCCCCCC/C=C\C/C=C\C/C=C\CCCCC)COC1OC(C(=O)O)C(O)C(O)C1OC(=O)CCCCCCCCCCCCCCCCC. The first-order valence-corrected chi connectivity index (χ1v) is 31.9. The summed E-state index contributed by atoms with van der Waals surface area (Å²) >= 11 is 0. The molecule has 12 nitrogen and oxygen atoms in total. The first-order valence-electron chi connectivity index (χ1n) is 31.9. The van der Waals surface area contributed by atoms with Gasteiger partial charge in [-0.05, 0) is 89.9 Å². The number of unbranched alkanes of at least 4 members (excludes halogenated alkanes) is 28. The number of esters is 3. The summed E-state index contributed by atoms with van der Waals surface area (Å²) < 4.78 is 28.5. The van der Waals surface area contributed by atoms with E-state index in [0.29, 0.717) is 19.3 Å². The maximum atomic E-state index is 13.2. The second-order valence-corrected chi connectivity index (χ2v) is 21.7. The van der Waals surface area contributed by atoms with Crippen molar-refractivity contribution in [3.63, 3.8) is 0 Å². The van der Waals surface area contributed by atoms with Crippen LogP contribution < -0.4 is 0 Å². The van der Waals surface area contributed by atoms with Gasteiger partial charge in [0.05, 0.1) is 6.61 Å². The number of rotatable bonds is 54. The average Bonchev–Trinajstić information content (AvgIpc) is 3.46. The van der Waals surface area contributed by atoms with Crippen molar-refractivity contribution in [1.29, 1.82) is 0 Å². The zero-order valence-electron chi connectivity index (χ0n) is 50.1. The van der Waals surface area contributed by atoms with E-state index in [2.05, 4.69) is 93.7 Å². The van der Waals surface area contributed by atoms with Crippen LogP contribution in [-0.2, 0) is 42.9 Å². The quantitative estimate of drug-likeness (QED) is 0.0228. The highest BCUT2D eigenvalue weighted by molar-refractivity contribution is 5.74. The minimum Gasteiger partial charge on any atom is -0.479 e. The molecule has 0 aromatic heterocycles. The van der Waals surface area contributed by atoms with Crippen LogP contribution in [0.5, 0.6) is 0 Å². The number of aliphatic carboxylic acids is 1. The summed E-state index contributed by atoms with van der Waals surface area (Å²) in [5.41, 5.74) is 0. The van der Waals surface area contributed by atoms with Crippen LogP contribution in [0.25, 0.3) is 0 Å². The number of carboxylic acids is 1. The highest BCUT2D eigenvalue weighted by Crippen LogP contribution is 2.27. The van der Waals surface area contributed by atoms with E-state index in [9.17, 15) is 34.5 Å². The molecule has 1 heterocycles. The molecule has 0 bridgehead atoms. The number of ether oxygens (including phenoxy) is 5. The van der Waals surface area contributed by atoms with Crippen molar-refractivity contribution in [2.45, 2.75) is 314 Å². The number of carboxylic acid groups (broad SMARTS) is 1. The molecular weight excluding hydrogens is 997 g/mol. The topological polar surface area (TPSA) is 175 Å². The molecule has 0 aromatic rings. The first-order chi connectivity index (χ1) is 38.6. The molecule has 12 heteroatoms. The molecule has 0 amide bonds. The number of carbonyl (C=O) groups excluding carboxylic acids is 3. The number of aliphatic hydroxyl groups is 2. The van der Waals surface area contributed by atoms with Crippen LogP contribution in [0, 0.1) is 0 Å². The van der Waals surface area contributed by atoms with Gasteiger partial charge >= 0.3 is 23.9 Å². The fraction of sp³-hybridized carbons (Fsp3) is 0.761. The summed E-state index contributed by atoms with van der Waals surface area (Å²) in [6, 6.07) is 0. The van der Waals surface area contributed by atoms with Crippen molar-refractivity contribution in [3.05, 3.63) is 72.9 Å². The van der Waals surface area contributed by atoms with Crippen molar-refractivity contribution in [2.24, 2.45) is 0 Å². The third kappa shape index (κ3) is 44.5. The molecular formula is C67H114O12. The molecule has 1 fully saturated rings. The Balaban J connectivity index is 2.68. The Morgan fingerprint density at radius 3 is 1.24 bits per heavy atom. The molecule has 1 saturated heterocycles. The molecule has 1 aliphatic heterocycles. The Labute approximate surface area is 480 Å². The lowest BCUT2D eigenvalue weighted by atomic mass is 9.98. The van der Waals surface area contributed by atoms with Gasteiger partial charge in [0, 0.05) is 19.3 Å². The Kier molecular flexibility index (Phi) is 50.7. The normalized spacial score (nSPS) is 18.3. The Morgan fingerprint density at radius 1 is 0.430 bits per heavy atom. The highest BCUT2D eigenvalue weighted by Gasteiger charge is 2.50. The lowest BCUT2D eigenvalue weighted by Crippen LogP contribution is -2.61. The van der Waals surface area contributed by atoms with Gasteiger partial charge in [-0.2, -0.15) is 0 Å². The van der Waals surface area contributed by atoms with Gasteiger partial charge < -0.3 is 39.0 Å². The van der Waals surface area contributed by atoms with Gasteiger partial charge in [-0.3, -0.25) is 14.4 Å². The van der Waals surface area contributed by atoms with E-state index in [-0.39, 0.29) is 25.9 Å². The summed E-state index contributed by atoms with van der Waals surface area (Å²) in [6.45, 7) is 5.85. The van der Waals surface area contributed by atoms with Gasteiger partial charge in [0.25, 0.3) is 0 Å². The summed E-state index contributed by atoms with van der Waals surface area (Å²) in [7, 11) is 0. The number of allylic oxidation sites excluding steroid dienone is 12. The number of aliphatic hydroxyl groups excluding tert-OH is 2. The fourth-order valence-corrected chi connectivity index (χ4v) is 9.39. The monoisotopic (exact) mass is 1110 g/mol. The zero-order chi connectivity index (χ0) is 57.5. The molecule has 1 aliphatic rings. The van der Waals surface area contributed by atoms with Crippen LogP contribution in [0.1, 0.15) is 278 Å². The van der Waals surface area contributed by atoms with Gasteiger partial charge in [0.1, 0.15) is 18.8 Å². The van der Waals surface area contributed by atoms with Gasteiger partial charge in [0.15, 0.2) is 24.6 Å². The van der Waals surface area contributed by atoms with Crippen LogP contribution in [0.15, 0.2) is 72.9 Å². The van der Waals surface area contributed by atoms with E-state index < -0.39 is 67.3 Å². The van der Waals surface area contributed by atoms with Crippen molar-refractivity contribution in [2.75, 3.05) is 13.2 Å². The zero-order valence-corrected chi connectivity index (χ0v) is 50.1. The summed E-state index contributed by atoms with van der Waals surface area (Å²) in [4.78, 5) is 51.3. The van der Waals surface area contributed by atoms with Crippen LogP contribution in [-0.4, -0.2) is 89.2 Å². The van der Waals surface area contributed by atoms with E-state index in [0.717, 1.165) is 128 Å². The van der Waals surface area contributed by atoms with Crippen molar-refractivity contribution >= 4 is 23.9 Å². The molecule has 0 spiro atoms. The van der Waals surface area contributed by atoms with E-state index in [1.165, 1.54) is 89.9 Å². The molecule has 1 rings (SSSR count). The lowest BCUT2D eigenvalue weighted by molar-refractivity contribution is -0.301. The van der Waals surface area contributed by atoms with E-state index in [1.807, 2.05) is 0 Å². The number of hydrogen-bond acceptors (Lipinski definition) is 11. The molecule has 6 unspecified atom stereocenters. The van der Waals surface area contributed by atoms with E-state index >= 15 is 0 Å². The molecule has 79 heavy (non-hydrogen) atoms. The maximum Gasteiger partial charge on any atom is 0.335 e. The summed E-state index contributed by atoms with van der Waals surface area (Å²) in [5, 5.41) is 31.6. The van der Waals surface area contributed by atoms with Gasteiger partial charge in [-0.1, -0.05) is 241 Å². The van der Waals surface area contributed by atoms with E-state index in [4.69, 9.17) is 23.7 Å². The van der Waals surface area contributed by atoms with E-state index in [1.54, 1.807) is 0 Å². The Morgan fingerprint density at radius 2 is 0.797 bits per heavy atom. The third-order valence-electron chi connectivity index (χ3n) is 14.3. The summed E-state index contributed by atoms with van der Waals surface area (Å²) in [5.74, 6) is -3.14. The standard InChI is InChI=1S/C67H114O12/c1-4-7-10-13-16-19-22-25-28-29-30-31-34-35-38-41-44-47-50-53-59(68)75-56-58(77-60(69)54-51-48-45-42-39-36-32-26-23-20-17-14-11-8-5-2)57-76-67-65(63(72)62(71)64(79-67)66(73)74)78-61(70)55-52-49-46-43-40-37-33-27-24-21-18-15-12-9-6-3/h8,11,16-17,19-20,25-26,28,30-32,58,62-65,67,71-72H,4-7,9-10,12-15,18,21-24,27,29,33-57H2,1-3H3,(H,73,74)/b11-8-,19-16-,20-17-,28-25-,31-30-,32-26-. The minimum absolute atomic E-state index is 0.0587. The predicted molar refractivity (Wildman–Crippen MR) is 322 cm³/mol. The molecule has 0 radical (unpaired) electrons. The number of hydrogen-bond donors (Lipinski definition) is 3. The molecule has 6 atom stereocenters.